The molecular weight excluding hydrogens is 437 g/mol. The highest BCUT2D eigenvalue weighted by Gasteiger charge is 2.30. The van der Waals surface area contributed by atoms with Crippen LogP contribution in [0.3, 0.4) is 0 Å². The highest BCUT2D eigenvalue weighted by atomic mass is 19.1. The molecule has 0 radical (unpaired) electrons. The van der Waals surface area contributed by atoms with Crippen LogP contribution >= 0.6 is 0 Å². The summed E-state index contributed by atoms with van der Waals surface area (Å²) in [6.45, 7) is 5.74. The Balaban J connectivity index is 1.26. The zero-order chi connectivity index (χ0) is 24.2. The molecule has 1 amide bonds. The first-order chi connectivity index (χ1) is 16.5. The maximum atomic E-state index is 14.5. The molecule has 0 aliphatic carbocycles. The number of aliphatic hydroxyl groups excluding tert-OH is 2. The molecule has 7 nitrogen and oxygen atoms in total. The molecule has 1 aromatic rings. The summed E-state index contributed by atoms with van der Waals surface area (Å²) in [7, 11) is 0. The van der Waals surface area contributed by atoms with Crippen molar-refractivity contribution in [3.63, 3.8) is 0 Å². The molecule has 2 fully saturated rings. The lowest BCUT2D eigenvalue weighted by atomic mass is 9.93. The second-order valence-corrected chi connectivity index (χ2v) is 9.82. The van der Waals surface area contributed by atoms with Gasteiger partial charge in [0.2, 0.25) is 5.91 Å². The van der Waals surface area contributed by atoms with Gasteiger partial charge in [0.15, 0.2) is 0 Å². The van der Waals surface area contributed by atoms with Crippen LogP contribution in [0.2, 0.25) is 0 Å². The lowest BCUT2D eigenvalue weighted by molar-refractivity contribution is -0.136. The second-order valence-electron chi connectivity index (χ2n) is 9.82. The lowest BCUT2D eigenvalue weighted by Crippen LogP contribution is -2.53. The van der Waals surface area contributed by atoms with E-state index in [0.717, 1.165) is 57.8 Å². The van der Waals surface area contributed by atoms with Crippen molar-refractivity contribution in [3.8, 4) is 5.75 Å². The Morgan fingerprint density at radius 3 is 2.74 bits per heavy atom. The van der Waals surface area contributed by atoms with Crippen molar-refractivity contribution in [2.45, 2.75) is 57.5 Å². The Morgan fingerprint density at radius 2 is 2.00 bits per heavy atom. The summed E-state index contributed by atoms with van der Waals surface area (Å²) < 4.78 is 20.2. The van der Waals surface area contributed by atoms with Gasteiger partial charge in [-0.1, -0.05) is 6.07 Å². The molecular formula is C26H42FN3O4. The molecule has 2 saturated heterocycles. The summed E-state index contributed by atoms with van der Waals surface area (Å²) in [6.07, 6.45) is 6.48. The van der Waals surface area contributed by atoms with Gasteiger partial charge in [0, 0.05) is 31.6 Å². The summed E-state index contributed by atoms with van der Waals surface area (Å²) >= 11 is 0. The highest BCUT2D eigenvalue weighted by Crippen LogP contribution is 2.22. The summed E-state index contributed by atoms with van der Waals surface area (Å²) in [5.41, 5.74) is 0.415. The molecule has 2 aliphatic heterocycles. The van der Waals surface area contributed by atoms with Gasteiger partial charge in [-0.05, 0) is 82.1 Å². The fraction of sp³-hybridized carbons (Fsp3) is 0.731. The van der Waals surface area contributed by atoms with Crippen molar-refractivity contribution in [2.75, 3.05) is 52.5 Å². The smallest absolute Gasteiger partial charge is 0.227 e. The van der Waals surface area contributed by atoms with Crippen LogP contribution in [0.5, 0.6) is 5.75 Å². The summed E-state index contributed by atoms with van der Waals surface area (Å²) in [6, 6.07) is 4.83. The average molecular weight is 480 g/mol. The zero-order valence-corrected chi connectivity index (χ0v) is 20.3. The fourth-order valence-electron chi connectivity index (χ4n) is 4.70. The number of unbranched alkanes of at least 4 members (excludes halogenated alkanes) is 1. The van der Waals surface area contributed by atoms with Crippen molar-refractivity contribution in [1.29, 1.82) is 0 Å². The molecule has 2 aliphatic rings. The first kappa shape index (κ1) is 26.9. The quantitative estimate of drug-likeness (QED) is 0.288. The third kappa shape index (κ3) is 9.13. The molecule has 8 heteroatoms. The second kappa shape index (κ2) is 14.6. The molecule has 0 aromatic heterocycles. The van der Waals surface area contributed by atoms with E-state index in [4.69, 9.17) is 9.84 Å². The number of likely N-dealkylation sites (tertiary alicyclic amines) is 1. The van der Waals surface area contributed by atoms with Crippen molar-refractivity contribution in [2.24, 2.45) is 11.8 Å². The normalized spacial score (nSPS) is 18.0. The summed E-state index contributed by atoms with van der Waals surface area (Å²) in [5.74, 6) is 1.31. The minimum absolute atomic E-state index is 0.0382. The number of carbonyl (C=O) groups excluding carboxylic acids is 1. The summed E-state index contributed by atoms with van der Waals surface area (Å²) in [5, 5.41) is 24.9. The van der Waals surface area contributed by atoms with Gasteiger partial charge in [-0.2, -0.15) is 0 Å². The molecule has 0 spiro atoms. The monoisotopic (exact) mass is 479 g/mol. The molecule has 1 atom stereocenters. The Bertz CT molecular complexity index is 739. The van der Waals surface area contributed by atoms with E-state index in [9.17, 15) is 14.3 Å². The highest BCUT2D eigenvalue weighted by molar-refractivity contribution is 5.79. The number of amides is 1. The maximum absolute atomic E-state index is 14.5. The number of nitrogens with one attached hydrogen (secondary N) is 2. The van der Waals surface area contributed by atoms with Crippen molar-refractivity contribution in [3.05, 3.63) is 29.6 Å². The van der Waals surface area contributed by atoms with Gasteiger partial charge in [0.1, 0.15) is 11.6 Å². The van der Waals surface area contributed by atoms with Crippen LogP contribution in [0.1, 0.15) is 50.5 Å². The van der Waals surface area contributed by atoms with Gasteiger partial charge in [-0.15, -0.1) is 0 Å². The van der Waals surface area contributed by atoms with Gasteiger partial charge in [0.05, 0.1) is 25.7 Å². The number of nitrogens with zero attached hydrogens (tertiary/aromatic N) is 1. The van der Waals surface area contributed by atoms with E-state index >= 15 is 0 Å². The molecule has 1 aromatic carbocycles. The van der Waals surface area contributed by atoms with Crippen LogP contribution in [0.4, 0.5) is 4.39 Å². The number of piperidine rings is 1. The molecule has 4 N–H and O–H groups in total. The van der Waals surface area contributed by atoms with Crippen molar-refractivity contribution < 1.29 is 24.1 Å². The molecule has 1 unspecified atom stereocenters. The van der Waals surface area contributed by atoms with Crippen LogP contribution < -0.4 is 15.4 Å². The third-order valence-electron chi connectivity index (χ3n) is 6.94. The Labute approximate surface area is 203 Å². The van der Waals surface area contributed by atoms with Gasteiger partial charge >= 0.3 is 0 Å². The number of carbonyl (C=O) groups is 1. The van der Waals surface area contributed by atoms with E-state index in [1.807, 2.05) is 0 Å². The number of rotatable bonds is 15. The Morgan fingerprint density at radius 1 is 1.21 bits per heavy atom. The summed E-state index contributed by atoms with van der Waals surface area (Å²) in [4.78, 5) is 14.3. The van der Waals surface area contributed by atoms with E-state index in [1.165, 1.54) is 18.9 Å². The van der Waals surface area contributed by atoms with E-state index in [2.05, 4.69) is 10.6 Å². The fourth-order valence-corrected chi connectivity index (χ4v) is 4.70. The first-order valence-corrected chi connectivity index (χ1v) is 12.9. The van der Waals surface area contributed by atoms with Gasteiger partial charge in [0.25, 0.3) is 0 Å². The van der Waals surface area contributed by atoms with Crippen LogP contribution in [0.15, 0.2) is 18.2 Å². The minimum Gasteiger partial charge on any atom is -0.493 e. The van der Waals surface area contributed by atoms with Crippen LogP contribution in [-0.2, 0) is 11.2 Å². The van der Waals surface area contributed by atoms with Crippen LogP contribution in [0, 0.1) is 17.7 Å². The minimum atomic E-state index is -0.617. The van der Waals surface area contributed by atoms with Gasteiger partial charge < -0.3 is 30.5 Å². The topological polar surface area (TPSA) is 94.1 Å². The van der Waals surface area contributed by atoms with E-state index in [0.29, 0.717) is 43.3 Å². The zero-order valence-electron chi connectivity index (χ0n) is 20.3. The maximum Gasteiger partial charge on any atom is 0.227 e. The largest absolute Gasteiger partial charge is 0.493 e. The predicted molar refractivity (Wildman–Crippen MR) is 130 cm³/mol. The van der Waals surface area contributed by atoms with Crippen molar-refractivity contribution in [1.82, 2.24) is 15.5 Å². The van der Waals surface area contributed by atoms with Crippen LogP contribution in [-0.4, -0.2) is 79.6 Å². The van der Waals surface area contributed by atoms with Crippen molar-refractivity contribution >= 4 is 5.91 Å². The molecule has 2 heterocycles. The van der Waals surface area contributed by atoms with Gasteiger partial charge in [-0.3, -0.25) is 4.79 Å². The SMILES string of the molecule is O=C(Cc1ccc(OCCCC2CCNCC2)cc1F)N1CC(CNCCCCC(O)CO)C1. The first-order valence-electron chi connectivity index (χ1n) is 12.9. The molecule has 3 rings (SSSR count). The number of ether oxygens (including phenoxy) is 1. The Hall–Kier alpha value is -1.74. The molecule has 0 saturated carbocycles. The van der Waals surface area contributed by atoms with Crippen LogP contribution in [0.25, 0.3) is 0 Å². The number of hydrogen-bond acceptors (Lipinski definition) is 6. The van der Waals surface area contributed by atoms with Gasteiger partial charge in [-0.25, -0.2) is 4.39 Å². The number of hydrogen-bond donors (Lipinski definition) is 4. The standard InChI is InChI=1S/C26H42FN3O4/c27-25-15-24(34-13-3-4-20-8-11-28-12-9-20)7-6-22(25)14-26(33)30-17-21(18-30)16-29-10-2-1-5-23(32)19-31/h6-7,15,20-21,23,28-29,31-32H,1-5,8-14,16-19H2. The predicted octanol–water partition coefficient (Wildman–Crippen LogP) is 2.10. The van der Waals surface area contributed by atoms with E-state index < -0.39 is 6.10 Å². The van der Waals surface area contributed by atoms with E-state index in [1.54, 1.807) is 17.0 Å². The Kier molecular flexibility index (Phi) is 11.5. The number of aliphatic hydroxyl groups is 2. The molecule has 34 heavy (non-hydrogen) atoms. The third-order valence-corrected chi connectivity index (χ3v) is 6.94. The molecule has 0 bridgehead atoms. The van der Waals surface area contributed by atoms with E-state index in [-0.39, 0.29) is 24.8 Å². The lowest BCUT2D eigenvalue weighted by Gasteiger charge is -2.39. The molecule has 192 valence electrons. The number of benzene rings is 1. The number of halogens is 1. The average Bonchev–Trinajstić information content (AvgIpc) is 2.82.